The minimum absolute atomic E-state index is 0.0978. The molecule has 0 saturated heterocycles. The number of halogens is 3. The molecule has 0 aliphatic carbocycles. The van der Waals surface area contributed by atoms with E-state index < -0.39 is 11.6 Å². The summed E-state index contributed by atoms with van der Waals surface area (Å²) in [6, 6.07) is 8.12. The Kier molecular flexibility index (Phi) is 6.41. The van der Waals surface area contributed by atoms with Gasteiger partial charge in [0.25, 0.3) is 5.76 Å². The smallest absolute Gasteiger partial charge is 0.284 e. The SMILES string of the molecule is COc1ccc(C(C)NCc2ccc(CSC(F)F)o2)cc1F. The van der Waals surface area contributed by atoms with Gasteiger partial charge < -0.3 is 14.5 Å². The van der Waals surface area contributed by atoms with Gasteiger partial charge in [0.1, 0.15) is 11.5 Å². The largest absolute Gasteiger partial charge is 0.494 e. The van der Waals surface area contributed by atoms with Crippen molar-refractivity contribution in [2.75, 3.05) is 7.11 Å². The molecule has 3 nitrogen and oxygen atoms in total. The zero-order chi connectivity index (χ0) is 16.8. The molecule has 7 heteroatoms. The standard InChI is InChI=1S/C16H18F3NO2S/c1-10(11-3-6-15(21-2)14(17)7-11)20-8-12-4-5-13(22-12)9-23-16(18)19/h3-7,10,16,20H,8-9H2,1-2H3. The molecule has 1 atom stereocenters. The van der Waals surface area contributed by atoms with Gasteiger partial charge in [0, 0.05) is 6.04 Å². The van der Waals surface area contributed by atoms with Gasteiger partial charge >= 0.3 is 0 Å². The van der Waals surface area contributed by atoms with E-state index in [1.807, 2.05) is 6.92 Å². The Morgan fingerprint density at radius 3 is 2.61 bits per heavy atom. The molecule has 0 radical (unpaired) electrons. The van der Waals surface area contributed by atoms with Crippen molar-refractivity contribution in [1.82, 2.24) is 5.32 Å². The highest BCUT2D eigenvalue weighted by Crippen LogP contribution is 2.23. The third-order valence-corrected chi connectivity index (χ3v) is 4.03. The molecule has 1 aromatic carbocycles. The number of nitrogens with one attached hydrogen (secondary N) is 1. The molecule has 2 rings (SSSR count). The fourth-order valence-corrected chi connectivity index (χ4v) is 2.51. The van der Waals surface area contributed by atoms with Crippen LogP contribution in [0.2, 0.25) is 0 Å². The van der Waals surface area contributed by atoms with Crippen LogP contribution in [0.4, 0.5) is 13.2 Å². The van der Waals surface area contributed by atoms with Crippen molar-refractivity contribution in [3.63, 3.8) is 0 Å². The molecule has 23 heavy (non-hydrogen) atoms. The van der Waals surface area contributed by atoms with Crippen LogP contribution in [0.5, 0.6) is 5.75 Å². The van der Waals surface area contributed by atoms with Gasteiger partial charge in [0.05, 0.1) is 19.4 Å². The number of ether oxygens (including phenoxy) is 1. The van der Waals surface area contributed by atoms with E-state index in [2.05, 4.69) is 5.32 Å². The normalized spacial score (nSPS) is 12.6. The van der Waals surface area contributed by atoms with Crippen LogP contribution in [0.25, 0.3) is 0 Å². The lowest BCUT2D eigenvalue weighted by Crippen LogP contribution is -2.17. The molecule has 2 aromatic rings. The molecular weight excluding hydrogens is 327 g/mol. The highest BCUT2D eigenvalue weighted by Gasteiger charge is 2.11. The van der Waals surface area contributed by atoms with Crippen molar-refractivity contribution >= 4 is 11.8 Å². The summed E-state index contributed by atoms with van der Waals surface area (Å²) in [5.74, 6) is -1.33. The minimum Gasteiger partial charge on any atom is -0.494 e. The Bertz CT molecular complexity index is 634. The Balaban J connectivity index is 1.89. The van der Waals surface area contributed by atoms with Gasteiger partial charge in [0.2, 0.25) is 0 Å². The predicted octanol–water partition coefficient (Wildman–Crippen LogP) is 4.73. The van der Waals surface area contributed by atoms with Crippen LogP contribution in [0, 0.1) is 5.82 Å². The van der Waals surface area contributed by atoms with E-state index in [9.17, 15) is 13.2 Å². The third-order valence-electron chi connectivity index (χ3n) is 3.33. The summed E-state index contributed by atoms with van der Waals surface area (Å²) < 4.78 is 48.3. The van der Waals surface area contributed by atoms with Crippen LogP contribution in [-0.2, 0) is 12.3 Å². The summed E-state index contributed by atoms with van der Waals surface area (Å²) >= 11 is 0.523. The molecule has 0 fully saturated rings. The van der Waals surface area contributed by atoms with E-state index in [0.717, 1.165) is 5.56 Å². The van der Waals surface area contributed by atoms with Gasteiger partial charge in [-0.05, 0) is 36.8 Å². The van der Waals surface area contributed by atoms with Crippen LogP contribution in [-0.4, -0.2) is 12.9 Å². The number of methoxy groups -OCH3 is 1. The van der Waals surface area contributed by atoms with Gasteiger partial charge in [0.15, 0.2) is 11.6 Å². The molecule has 0 aliphatic rings. The first-order valence-electron chi connectivity index (χ1n) is 7.03. The topological polar surface area (TPSA) is 34.4 Å². The molecule has 1 N–H and O–H groups in total. The van der Waals surface area contributed by atoms with Crippen molar-refractivity contribution in [1.29, 1.82) is 0 Å². The van der Waals surface area contributed by atoms with E-state index in [4.69, 9.17) is 9.15 Å². The molecule has 0 amide bonds. The predicted molar refractivity (Wildman–Crippen MR) is 84.2 cm³/mol. The summed E-state index contributed by atoms with van der Waals surface area (Å²) in [5.41, 5.74) is 0.781. The first-order chi connectivity index (χ1) is 11.0. The van der Waals surface area contributed by atoms with E-state index in [1.54, 1.807) is 24.3 Å². The quantitative estimate of drug-likeness (QED) is 0.750. The molecule has 0 saturated carbocycles. The van der Waals surface area contributed by atoms with E-state index in [1.165, 1.54) is 13.2 Å². The Labute approximate surface area is 137 Å². The maximum Gasteiger partial charge on any atom is 0.284 e. The second-order valence-corrected chi connectivity index (χ2v) is 5.91. The summed E-state index contributed by atoms with van der Waals surface area (Å²) in [6.45, 7) is 2.33. The fraction of sp³-hybridized carbons (Fsp3) is 0.375. The molecule has 1 unspecified atom stereocenters. The van der Waals surface area contributed by atoms with Gasteiger partial charge in [-0.2, -0.15) is 8.78 Å². The molecule has 0 aliphatic heterocycles. The van der Waals surface area contributed by atoms with Crippen molar-refractivity contribution < 1.29 is 22.3 Å². The number of rotatable bonds is 8. The highest BCUT2D eigenvalue weighted by atomic mass is 32.2. The van der Waals surface area contributed by atoms with Gasteiger partial charge in [-0.25, -0.2) is 4.39 Å². The first-order valence-corrected chi connectivity index (χ1v) is 8.08. The van der Waals surface area contributed by atoms with E-state index >= 15 is 0 Å². The number of thioether (sulfide) groups is 1. The second kappa shape index (κ2) is 8.31. The average molecular weight is 345 g/mol. The van der Waals surface area contributed by atoms with Crippen molar-refractivity contribution in [3.8, 4) is 5.75 Å². The van der Waals surface area contributed by atoms with Gasteiger partial charge in [-0.15, -0.1) is 0 Å². The number of benzene rings is 1. The zero-order valence-corrected chi connectivity index (χ0v) is 13.6. The lowest BCUT2D eigenvalue weighted by molar-refractivity contribution is 0.251. The fourth-order valence-electron chi connectivity index (χ4n) is 2.06. The number of hydrogen-bond donors (Lipinski definition) is 1. The van der Waals surface area contributed by atoms with Crippen LogP contribution >= 0.6 is 11.8 Å². The maximum absolute atomic E-state index is 13.7. The van der Waals surface area contributed by atoms with Crippen LogP contribution in [0.15, 0.2) is 34.7 Å². The lowest BCUT2D eigenvalue weighted by Gasteiger charge is -2.14. The van der Waals surface area contributed by atoms with Crippen LogP contribution < -0.4 is 10.1 Å². The third kappa shape index (κ3) is 5.21. The lowest BCUT2D eigenvalue weighted by atomic mass is 10.1. The molecular formula is C16H18F3NO2S. The van der Waals surface area contributed by atoms with Crippen LogP contribution in [0.1, 0.15) is 30.0 Å². The average Bonchev–Trinajstić information content (AvgIpc) is 2.98. The minimum atomic E-state index is -2.41. The molecule has 0 bridgehead atoms. The van der Waals surface area contributed by atoms with Crippen molar-refractivity contribution in [3.05, 3.63) is 53.2 Å². The van der Waals surface area contributed by atoms with Crippen molar-refractivity contribution in [2.45, 2.75) is 31.0 Å². The van der Waals surface area contributed by atoms with Gasteiger partial charge in [-0.1, -0.05) is 17.8 Å². The Morgan fingerprint density at radius 2 is 1.96 bits per heavy atom. The summed E-state index contributed by atoms with van der Waals surface area (Å²) in [5, 5.41) is 3.20. The van der Waals surface area contributed by atoms with E-state index in [0.29, 0.717) is 29.8 Å². The van der Waals surface area contributed by atoms with Crippen LogP contribution in [0.3, 0.4) is 0 Å². The molecule has 1 heterocycles. The summed E-state index contributed by atoms with van der Waals surface area (Å²) in [4.78, 5) is 0. The number of hydrogen-bond acceptors (Lipinski definition) is 4. The molecule has 1 aromatic heterocycles. The number of alkyl halides is 2. The molecule has 0 spiro atoms. The summed E-state index contributed by atoms with van der Waals surface area (Å²) in [6.07, 6.45) is 0. The van der Waals surface area contributed by atoms with Gasteiger partial charge in [-0.3, -0.25) is 0 Å². The number of furan rings is 1. The Morgan fingerprint density at radius 1 is 1.22 bits per heavy atom. The first kappa shape index (κ1) is 17.7. The van der Waals surface area contributed by atoms with Crippen molar-refractivity contribution in [2.24, 2.45) is 0 Å². The highest BCUT2D eigenvalue weighted by molar-refractivity contribution is 7.98. The monoisotopic (exact) mass is 345 g/mol. The zero-order valence-electron chi connectivity index (χ0n) is 12.8. The second-order valence-electron chi connectivity index (χ2n) is 4.94. The maximum atomic E-state index is 13.7. The Hall–Kier alpha value is -1.60. The van der Waals surface area contributed by atoms with E-state index in [-0.39, 0.29) is 17.5 Å². The summed E-state index contributed by atoms with van der Waals surface area (Å²) in [7, 11) is 1.42. The molecule has 126 valence electrons.